The van der Waals surface area contributed by atoms with E-state index >= 15 is 0 Å². The molecule has 0 aromatic heterocycles. The van der Waals surface area contributed by atoms with Gasteiger partial charge in [0.25, 0.3) is 0 Å². The summed E-state index contributed by atoms with van der Waals surface area (Å²) in [6.45, 7) is 3.59. The Balaban J connectivity index is 2.06. The smallest absolute Gasteiger partial charge is 0.244 e. The topological polar surface area (TPSA) is 86.8 Å². The molecule has 0 bridgehead atoms. The van der Waals surface area contributed by atoms with Crippen LogP contribution in [0.5, 0.6) is 0 Å². The van der Waals surface area contributed by atoms with Crippen LogP contribution in [0.2, 0.25) is 5.02 Å². The minimum Gasteiger partial charge on any atom is -0.355 e. The third-order valence-corrected chi connectivity index (χ3v) is 7.90. The van der Waals surface area contributed by atoms with Gasteiger partial charge >= 0.3 is 0 Å². The van der Waals surface area contributed by atoms with Gasteiger partial charge in [0, 0.05) is 29.0 Å². The number of nitrogens with one attached hydrogen (secondary N) is 1. The number of amides is 2. The van der Waals surface area contributed by atoms with Gasteiger partial charge in [-0.2, -0.15) is 0 Å². The number of likely N-dealkylation sites (N-methyl/N-ethyl adjacent to an activating group) is 1. The van der Waals surface area contributed by atoms with E-state index in [4.69, 9.17) is 11.6 Å². The SMILES string of the molecule is CCNC(=O)[C@H](Cc1ccccc1)N(Cc1ccc(Br)cc1)C(=O)CN(c1cc(Cl)ccc1C)S(C)(=O)=O. The standard InChI is InChI=1S/C28H31BrClN3O4S/c1-4-31-28(35)26(16-21-8-6-5-7-9-21)32(18-22-11-13-23(29)14-12-22)27(34)19-33(38(3,36)37)25-17-24(30)15-10-20(25)2/h5-15,17,26H,4,16,18-19H2,1-3H3,(H,31,35)/t26-/m0/s1. The summed E-state index contributed by atoms with van der Waals surface area (Å²) in [6.07, 6.45) is 1.31. The highest BCUT2D eigenvalue weighted by Gasteiger charge is 2.33. The molecule has 0 aliphatic carbocycles. The molecular formula is C28H31BrClN3O4S. The fourth-order valence-electron chi connectivity index (χ4n) is 4.08. The minimum absolute atomic E-state index is 0.118. The summed E-state index contributed by atoms with van der Waals surface area (Å²) in [6, 6.07) is 20.9. The zero-order valence-corrected chi connectivity index (χ0v) is 24.7. The lowest BCUT2D eigenvalue weighted by molar-refractivity contribution is -0.140. The van der Waals surface area contributed by atoms with Crippen molar-refractivity contribution in [3.8, 4) is 0 Å². The Labute approximate surface area is 238 Å². The molecule has 7 nitrogen and oxygen atoms in total. The third-order valence-electron chi connectivity index (χ3n) is 6.01. The van der Waals surface area contributed by atoms with Crippen molar-refractivity contribution < 1.29 is 18.0 Å². The van der Waals surface area contributed by atoms with Crippen molar-refractivity contribution in [1.82, 2.24) is 10.2 Å². The van der Waals surface area contributed by atoms with Crippen LogP contribution in [-0.4, -0.2) is 50.5 Å². The van der Waals surface area contributed by atoms with Crippen molar-refractivity contribution in [2.24, 2.45) is 0 Å². The molecule has 0 radical (unpaired) electrons. The first-order valence-electron chi connectivity index (χ1n) is 12.1. The van der Waals surface area contributed by atoms with Gasteiger partial charge in [0.1, 0.15) is 12.6 Å². The number of hydrogen-bond acceptors (Lipinski definition) is 4. The number of nitrogens with zero attached hydrogens (tertiary/aromatic N) is 2. The zero-order valence-electron chi connectivity index (χ0n) is 21.5. The van der Waals surface area contributed by atoms with Gasteiger partial charge in [0.15, 0.2) is 0 Å². The average molecular weight is 621 g/mol. The number of carbonyl (C=O) groups is 2. The predicted octanol–water partition coefficient (Wildman–Crippen LogP) is 4.95. The van der Waals surface area contributed by atoms with Gasteiger partial charge in [-0.3, -0.25) is 13.9 Å². The highest BCUT2D eigenvalue weighted by atomic mass is 79.9. The van der Waals surface area contributed by atoms with Crippen LogP contribution in [0.1, 0.15) is 23.6 Å². The van der Waals surface area contributed by atoms with E-state index < -0.39 is 28.5 Å². The van der Waals surface area contributed by atoms with Gasteiger partial charge in [-0.25, -0.2) is 8.42 Å². The number of benzene rings is 3. The first kappa shape index (κ1) is 29.7. The van der Waals surface area contributed by atoms with Crippen LogP contribution in [-0.2, 0) is 32.6 Å². The maximum atomic E-state index is 14.0. The highest BCUT2D eigenvalue weighted by Crippen LogP contribution is 2.27. The summed E-state index contributed by atoms with van der Waals surface area (Å²) < 4.78 is 27.7. The van der Waals surface area contributed by atoms with Crippen molar-refractivity contribution in [2.75, 3.05) is 23.7 Å². The van der Waals surface area contributed by atoms with Gasteiger partial charge in [0.2, 0.25) is 21.8 Å². The molecular weight excluding hydrogens is 590 g/mol. The quantitative estimate of drug-likeness (QED) is 0.329. The van der Waals surface area contributed by atoms with Gasteiger partial charge in [-0.15, -0.1) is 0 Å². The van der Waals surface area contributed by atoms with E-state index in [1.165, 1.54) is 11.0 Å². The van der Waals surface area contributed by atoms with E-state index in [0.717, 1.165) is 26.2 Å². The summed E-state index contributed by atoms with van der Waals surface area (Å²) in [7, 11) is -3.86. The first-order valence-corrected chi connectivity index (χ1v) is 15.1. The zero-order chi connectivity index (χ0) is 27.9. The van der Waals surface area contributed by atoms with Crippen LogP contribution in [0, 0.1) is 6.92 Å². The Hall–Kier alpha value is -2.88. The highest BCUT2D eigenvalue weighted by molar-refractivity contribution is 9.10. The van der Waals surface area contributed by atoms with Crippen LogP contribution in [0.15, 0.2) is 77.3 Å². The van der Waals surface area contributed by atoms with Crippen molar-refractivity contribution in [3.63, 3.8) is 0 Å². The normalized spacial score (nSPS) is 12.0. The molecule has 0 saturated carbocycles. The van der Waals surface area contributed by atoms with Gasteiger partial charge in [-0.05, 0) is 54.8 Å². The maximum Gasteiger partial charge on any atom is 0.244 e. The number of halogens is 2. The summed E-state index contributed by atoms with van der Waals surface area (Å²) in [4.78, 5) is 28.8. The molecule has 3 aromatic carbocycles. The minimum atomic E-state index is -3.86. The van der Waals surface area contributed by atoms with E-state index in [2.05, 4.69) is 21.2 Å². The number of anilines is 1. The Morgan fingerprint density at radius 1 is 1.00 bits per heavy atom. The molecule has 0 heterocycles. The van der Waals surface area contributed by atoms with Crippen LogP contribution in [0.25, 0.3) is 0 Å². The lowest BCUT2D eigenvalue weighted by atomic mass is 10.0. The Bertz CT molecular complexity index is 1370. The molecule has 2 amide bonds. The van der Waals surface area contributed by atoms with Crippen LogP contribution >= 0.6 is 27.5 Å². The van der Waals surface area contributed by atoms with E-state index in [1.807, 2.05) is 61.5 Å². The number of sulfonamides is 1. The Morgan fingerprint density at radius 3 is 2.26 bits per heavy atom. The molecule has 202 valence electrons. The summed E-state index contributed by atoms with van der Waals surface area (Å²) in [5, 5.41) is 3.19. The lowest BCUT2D eigenvalue weighted by Crippen LogP contribution is -2.53. The first-order chi connectivity index (χ1) is 18.0. The second-order valence-corrected chi connectivity index (χ2v) is 12.2. The Morgan fingerprint density at radius 2 is 1.66 bits per heavy atom. The third kappa shape index (κ3) is 8.06. The maximum absolute atomic E-state index is 14.0. The summed E-state index contributed by atoms with van der Waals surface area (Å²) >= 11 is 9.60. The summed E-state index contributed by atoms with van der Waals surface area (Å²) in [5.41, 5.74) is 2.64. The molecule has 0 fully saturated rings. The van der Waals surface area contributed by atoms with E-state index in [1.54, 1.807) is 19.1 Å². The molecule has 38 heavy (non-hydrogen) atoms. The monoisotopic (exact) mass is 619 g/mol. The van der Waals surface area contributed by atoms with E-state index in [-0.39, 0.29) is 18.9 Å². The molecule has 0 aliphatic heterocycles. The van der Waals surface area contributed by atoms with E-state index in [9.17, 15) is 18.0 Å². The Kier molecular flexibility index (Phi) is 10.4. The molecule has 10 heteroatoms. The second kappa shape index (κ2) is 13.3. The fourth-order valence-corrected chi connectivity index (χ4v) is 5.41. The predicted molar refractivity (Wildman–Crippen MR) is 156 cm³/mol. The molecule has 0 unspecified atom stereocenters. The second-order valence-electron chi connectivity index (χ2n) is 8.95. The van der Waals surface area contributed by atoms with Crippen molar-refractivity contribution in [3.05, 3.63) is 99.0 Å². The molecule has 3 rings (SSSR count). The molecule has 1 atom stereocenters. The van der Waals surface area contributed by atoms with Crippen molar-refractivity contribution >= 4 is 55.1 Å². The molecule has 0 saturated heterocycles. The van der Waals surface area contributed by atoms with Crippen molar-refractivity contribution in [2.45, 2.75) is 32.9 Å². The van der Waals surface area contributed by atoms with Crippen molar-refractivity contribution in [1.29, 1.82) is 0 Å². The van der Waals surface area contributed by atoms with Gasteiger partial charge < -0.3 is 10.2 Å². The lowest BCUT2D eigenvalue weighted by Gasteiger charge is -2.33. The number of carbonyl (C=O) groups excluding carboxylic acids is 2. The fraction of sp³-hybridized carbons (Fsp3) is 0.286. The largest absolute Gasteiger partial charge is 0.355 e. The van der Waals surface area contributed by atoms with Crippen LogP contribution in [0.4, 0.5) is 5.69 Å². The van der Waals surface area contributed by atoms with Gasteiger partial charge in [0.05, 0.1) is 11.9 Å². The number of aryl methyl sites for hydroxylation is 1. The van der Waals surface area contributed by atoms with Crippen LogP contribution in [0.3, 0.4) is 0 Å². The number of hydrogen-bond donors (Lipinski definition) is 1. The van der Waals surface area contributed by atoms with E-state index in [0.29, 0.717) is 22.8 Å². The number of rotatable bonds is 11. The average Bonchev–Trinajstić information content (AvgIpc) is 2.87. The van der Waals surface area contributed by atoms with Crippen LogP contribution < -0.4 is 9.62 Å². The molecule has 3 aromatic rings. The molecule has 0 spiro atoms. The van der Waals surface area contributed by atoms with Gasteiger partial charge in [-0.1, -0.05) is 76.1 Å². The molecule has 0 aliphatic rings. The molecule has 1 N–H and O–H groups in total. The summed E-state index contributed by atoms with van der Waals surface area (Å²) in [5.74, 6) is -0.823.